The molecule has 0 radical (unpaired) electrons. The molecular weight excluding hydrogens is 235 g/mol. The van der Waals surface area contributed by atoms with Crippen molar-refractivity contribution in [3.05, 3.63) is 30.1 Å². The number of nitrogens with zero attached hydrogens (tertiary/aromatic N) is 1. The molecule has 1 aliphatic heterocycles. The molecule has 2 rings (SSSR count). The Labute approximate surface area is 105 Å². The van der Waals surface area contributed by atoms with E-state index in [0.717, 1.165) is 11.3 Å². The van der Waals surface area contributed by atoms with Crippen molar-refractivity contribution in [2.45, 2.75) is 26.3 Å². The van der Waals surface area contributed by atoms with Crippen LogP contribution in [-0.4, -0.2) is 18.0 Å². The number of anilines is 1. The Hall–Kier alpha value is -1.91. The van der Waals surface area contributed by atoms with Gasteiger partial charge in [0.25, 0.3) is 5.91 Å². The van der Waals surface area contributed by atoms with Crippen LogP contribution in [0.5, 0.6) is 0 Å². The number of halogens is 1. The molecule has 1 N–H and O–H groups in total. The third-order valence-corrected chi connectivity index (χ3v) is 3.27. The second kappa shape index (κ2) is 4.76. The van der Waals surface area contributed by atoms with Crippen molar-refractivity contribution >= 4 is 17.6 Å². The van der Waals surface area contributed by atoms with Gasteiger partial charge in [0.05, 0.1) is 5.69 Å². The Morgan fingerprint density at radius 3 is 2.67 bits per heavy atom. The lowest BCUT2D eigenvalue weighted by atomic mass is 9.99. The molecule has 0 spiro atoms. The van der Waals surface area contributed by atoms with E-state index in [-0.39, 0.29) is 17.5 Å². The van der Waals surface area contributed by atoms with Crippen LogP contribution in [-0.2, 0) is 4.79 Å². The first-order valence-corrected chi connectivity index (χ1v) is 5.95. The van der Waals surface area contributed by atoms with Crippen molar-refractivity contribution in [2.75, 3.05) is 4.90 Å². The number of rotatable bonds is 3. The van der Waals surface area contributed by atoms with Gasteiger partial charge in [0.2, 0.25) is 0 Å². The van der Waals surface area contributed by atoms with Crippen LogP contribution in [0, 0.1) is 11.7 Å². The fourth-order valence-corrected chi connectivity index (χ4v) is 1.98. The summed E-state index contributed by atoms with van der Waals surface area (Å²) in [4.78, 5) is 24.8. The van der Waals surface area contributed by atoms with E-state index in [9.17, 15) is 14.0 Å². The Balaban J connectivity index is 2.33. The molecule has 1 aromatic carbocycles. The third kappa shape index (κ3) is 1.96. The quantitative estimate of drug-likeness (QED) is 0.837. The summed E-state index contributed by atoms with van der Waals surface area (Å²) < 4.78 is 13.6. The summed E-state index contributed by atoms with van der Waals surface area (Å²) in [5.74, 6) is -0.941. The highest BCUT2D eigenvalue weighted by Gasteiger charge is 2.42. The molecule has 2 atom stereocenters. The molecule has 1 heterocycles. The molecule has 4 nitrogen and oxygen atoms in total. The number of urea groups is 1. The Morgan fingerprint density at radius 2 is 2.06 bits per heavy atom. The maximum atomic E-state index is 13.6. The molecule has 0 saturated carbocycles. The summed E-state index contributed by atoms with van der Waals surface area (Å²) >= 11 is 0. The monoisotopic (exact) mass is 250 g/mol. The van der Waals surface area contributed by atoms with Gasteiger partial charge in [-0.1, -0.05) is 32.4 Å². The number of carbonyl (C=O) groups is 2. The second-order valence-corrected chi connectivity index (χ2v) is 4.44. The smallest absolute Gasteiger partial charge is 0.325 e. The van der Waals surface area contributed by atoms with E-state index in [1.54, 1.807) is 6.07 Å². The van der Waals surface area contributed by atoms with Gasteiger partial charge in [0.1, 0.15) is 11.9 Å². The number of hydrogen-bond acceptors (Lipinski definition) is 2. The average Bonchev–Trinajstić information content (AvgIpc) is 2.65. The third-order valence-electron chi connectivity index (χ3n) is 3.27. The topological polar surface area (TPSA) is 49.4 Å². The summed E-state index contributed by atoms with van der Waals surface area (Å²) in [5.41, 5.74) is 0.00537. The standard InChI is InChI=1S/C13H15FN2O2/c1-3-8(2)11-12(17)16(13(18)15-11)10-7-5-4-6-9(10)14/h4-8,11H,3H2,1-2H3,(H,15,18)/t8-,11-/m0/s1. The lowest BCUT2D eigenvalue weighted by Crippen LogP contribution is -2.35. The minimum absolute atomic E-state index is 0.00537. The highest BCUT2D eigenvalue weighted by Crippen LogP contribution is 2.25. The molecule has 0 bridgehead atoms. The van der Waals surface area contributed by atoms with Gasteiger partial charge in [-0.3, -0.25) is 4.79 Å². The fourth-order valence-electron chi connectivity index (χ4n) is 1.98. The van der Waals surface area contributed by atoms with Crippen molar-refractivity contribution in [2.24, 2.45) is 5.92 Å². The molecule has 1 fully saturated rings. The zero-order valence-corrected chi connectivity index (χ0v) is 10.3. The minimum Gasteiger partial charge on any atom is -0.325 e. The molecule has 5 heteroatoms. The maximum Gasteiger partial charge on any atom is 0.329 e. The van der Waals surface area contributed by atoms with Crippen LogP contribution < -0.4 is 10.2 Å². The van der Waals surface area contributed by atoms with Gasteiger partial charge in [0.15, 0.2) is 0 Å². The Bertz CT molecular complexity index is 490. The first-order valence-electron chi connectivity index (χ1n) is 5.95. The molecule has 3 amide bonds. The Kier molecular flexibility index (Phi) is 3.32. The summed E-state index contributed by atoms with van der Waals surface area (Å²) in [6.07, 6.45) is 0.766. The minimum atomic E-state index is -0.578. The number of hydrogen-bond donors (Lipinski definition) is 1. The van der Waals surface area contributed by atoms with Gasteiger partial charge in [-0.2, -0.15) is 0 Å². The molecule has 96 valence electrons. The largest absolute Gasteiger partial charge is 0.329 e. The first kappa shape index (κ1) is 12.5. The first-order chi connectivity index (χ1) is 8.56. The fraction of sp³-hybridized carbons (Fsp3) is 0.385. The zero-order chi connectivity index (χ0) is 13.3. The summed E-state index contributed by atoms with van der Waals surface area (Å²) in [5, 5.41) is 2.60. The summed E-state index contributed by atoms with van der Waals surface area (Å²) in [6, 6.07) is 4.63. The predicted molar refractivity (Wildman–Crippen MR) is 65.7 cm³/mol. The number of imide groups is 1. The molecule has 0 aromatic heterocycles. The van der Waals surface area contributed by atoms with E-state index in [1.165, 1.54) is 18.2 Å². The highest BCUT2D eigenvalue weighted by atomic mass is 19.1. The van der Waals surface area contributed by atoms with Gasteiger partial charge in [0, 0.05) is 0 Å². The highest BCUT2D eigenvalue weighted by molar-refractivity contribution is 6.21. The molecule has 1 saturated heterocycles. The molecule has 1 aromatic rings. The number of benzene rings is 1. The van der Waals surface area contributed by atoms with Gasteiger partial charge in [-0.05, 0) is 18.1 Å². The van der Waals surface area contributed by atoms with E-state index >= 15 is 0 Å². The van der Waals surface area contributed by atoms with E-state index in [0.29, 0.717) is 0 Å². The average molecular weight is 250 g/mol. The van der Waals surface area contributed by atoms with Crippen LogP contribution in [0.3, 0.4) is 0 Å². The molecule has 1 aliphatic rings. The van der Waals surface area contributed by atoms with E-state index < -0.39 is 17.9 Å². The maximum absolute atomic E-state index is 13.6. The molecule has 0 aliphatic carbocycles. The summed E-state index contributed by atoms with van der Waals surface area (Å²) in [7, 11) is 0. The normalized spacial score (nSPS) is 21.1. The van der Waals surface area contributed by atoms with Gasteiger partial charge < -0.3 is 5.32 Å². The lowest BCUT2D eigenvalue weighted by molar-refractivity contribution is -0.119. The van der Waals surface area contributed by atoms with Gasteiger partial charge in [-0.25, -0.2) is 14.1 Å². The zero-order valence-electron chi connectivity index (χ0n) is 10.3. The second-order valence-electron chi connectivity index (χ2n) is 4.44. The van der Waals surface area contributed by atoms with E-state index in [2.05, 4.69) is 5.32 Å². The van der Waals surface area contributed by atoms with Crippen LogP contribution in [0.4, 0.5) is 14.9 Å². The van der Waals surface area contributed by atoms with Crippen molar-refractivity contribution in [1.29, 1.82) is 0 Å². The van der Waals surface area contributed by atoms with Crippen molar-refractivity contribution < 1.29 is 14.0 Å². The van der Waals surface area contributed by atoms with Crippen LogP contribution in [0.15, 0.2) is 24.3 Å². The lowest BCUT2D eigenvalue weighted by Gasteiger charge is -2.16. The van der Waals surface area contributed by atoms with Crippen LogP contribution in [0.1, 0.15) is 20.3 Å². The number of nitrogens with one attached hydrogen (secondary N) is 1. The van der Waals surface area contributed by atoms with Crippen molar-refractivity contribution in [3.8, 4) is 0 Å². The summed E-state index contributed by atoms with van der Waals surface area (Å²) in [6.45, 7) is 3.82. The van der Waals surface area contributed by atoms with Crippen molar-refractivity contribution in [1.82, 2.24) is 5.32 Å². The molecule has 18 heavy (non-hydrogen) atoms. The van der Waals surface area contributed by atoms with Gasteiger partial charge in [-0.15, -0.1) is 0 Å². The molecular formula is C13H15FN2O2. The molecule has 0 unspecified atom stereocenters. The van der Waals surface area contributed by atoms with E-state index in [4.69, 9.17) is 0 Å². The van der Waals surface area contributed by atoms with E-state index in [1.807, 2.05) is 13.8 Å². The SMILES string of the molecule is CC[C@H](C)[C@@H]1NC(=O)N(c2ccccc2F)C1=O. The number of amides is 3. The number of carbonyl (C=O) groups excluding carboxylic acids is 2. The van der Waals surface area contributed by atoms with Crippen LogP contribution >= 0.6 is 0 Å². The van der Waals surface area contributed by atoms with Crippen LogP contribution in [0.2, 0.25) is 0 Å². The Morgan fingerprint density at radius 1 is 1.39 bits per heavy atom. The van der Waals surface area contributed by atoms with Gasteiger partial charge >= 0.3 is 6.03 Å². The number of para-hydroxylation sites is 1. The van der Waals surface area contributed by atoms with Crippen LogP contribution in [0.25, 0.3) is 0 Å². The predicted octanol–water partition coefficient (Wildman–Crippen LogP) is 2.30. The van der Waals surface area contributed by atoms with Crippen molar-refractivity contribution in [3.63, 3.8) is 0 Å².